The maximum atomic E-state index is 11.1. The molecule has 24 heavy (non-hydrogen) atoms. The van der Waals surface area contributed by atoms with E-state index in [1.165, 1.54) is 0 Å². The summed E-state index contributed by atoms with van der Waals surface area (Å²) in [6.07, 6.45) is 3.65. The molecule has 0 saturated carbocycles. The third-order valence-corrected chi connectivity index (χ3v) is 4.66. The van der Waals surface area contributed by atoms with E-state index in [0.717, 1.165) is 49.7 Å². The zero-order chi connectivity index (χ0) is 17.9. The van der Waals surface area contributed by atoms with E-state index in [4.69, 9.17) is 15.7 Å². The summed E-state index contributed by atoms with van der Waals surface area (Å²) < 4.78 is 0. The number of amides is 1. The maximum absolute atomic E-state index is 11.1. The zero-order valence-electron chi connectivity index (χ0n) is 15.8. The average molecular weight is 332 g/mol. The number of hydrogen-bond acceptors (Lipinski definition) is 4. The fourth-order valence-corrected chi connectivity index (χ4v) is 3.11. The van der Waals surface area contributed by atoms with E-state index in [1.54, 1.807) is 0 Å². The molecule has 134 valence electrons. The summed E-state index contributed by atoms with van der Waals surface area (Å²) in [6.45, 7) is 12.8. The molecule has 2 N–H and O–H groups in total. The fourth-order valence-electron chi connectivity index (χ4n) is 3.11. The van der Waals surface area contributed by atoms with Crippen molar-refractivity contribution in [3.8, 4) is 0 Å². The number of piperidine rings is 1. The van der Waals surface area contributed by atoms with Crippen LogP contribution in [0.1, 0.15) is 77.7 Å². The van der Waals surface area contributed by atoms with Crippen molar-refractivity contribution in [2.45, 2.75) is 71.6 Å². The number of aromatic nitrogens is 2. The van der Waals surface area contributed by atoms with Crippen molar-refractivity contribution < 1.29 is 4.79 Å². The quantitative estimate of drug-likeness (QED) is 0.897. The molecule has 0 spiro atoms. The molecule has 0 aliphatic carbocycles. The number of carbonyl (C=O) groups is 1. The molecule has 1 saturated heterocycles. The zero-order valence-corrected chi connectivity index (χ0v) is 15.8. The minimum absolute atomic E-state index is 0.00247. The Morgan fingerprint density at radius 2 is 2.08 bits per heavy atom. The van der Waals surface area contributed by atoms with Gasteiger partial charge in [-0.25, -0.2) is 9.97 Å². The standard InChI is InChI=1S/C19H32N4O/c1-13(2)18-21-15(19(3,4)5)11-17(22-18)23-10-6-7-14(12-23)8-9-16(20)24/h11,13-14H,6-10,12H2,1-5H3,(H2,20,24). The van der Waals surface area contributed by atoms with Crippen molar-refractivity contribution in [2.24, 2.45) is 11.7 Å². The fraction of sp³-hybridized carbons (Fsp3) is 0.737. The first-order valence-electron chi connectivity index (χ1n) is 9.09. The molecular formula is C19H32N4O. The molecule has 2 heterocycles. The Kier molecular flexibility index (Phi) is 5.83. The van der Waals surface area contributed by atoms with Gasteiger partial charge in [0.15, 0.2) is 0 Å². The van der Waals surface area contributed by atoms with Crippen LogP contribution in [0.2, 0.25) is 0 Å². The highest BCUT2D eigenvalue weighted by Crippen LogP contribution is 2.29. The smallest absolute Gasteiger partial charge is 0.217 e. The third-order valence-electron chi connectivity index (χ3n) is 4.66. The van der Waals surface area contributed by atoms with Gasteiger partial charge in [0.05, 0.1) is 5.69 Å². The second kappa shape index (κ2) is 7.49. The molecule has 2 rings (SSSR count). The van der Waals surface area contributed by atoms with Crippen LogP contribution in [0.15, 0.2) is 6.07 Å². The Labute approximate surface area is 146 Å². The molecule has 1 aromatic heterocycles. The highest BCUT2D eigenvalue weighted by Gasteiger charge is 2.25. The van der Waals surface area contributed by atoms with Crippen LogP contribution in [0, 0.1) is 5.92 Å². The van der Waals surface area contributed by atoms with Gasteiger partial charge in [0.1, 0.15) is 11.6 Å². The largest absolute Gasteiger partial charge is 0.370 e. The van der Waals surface area contributed by atoms with Gasteiger partial charge in [0.2, 0.25) is 5.91 Å². The number of anilines is 1. The first kappa shape index (κ1) is 18.7. The molecule has 0 bridgehead atoms. The summed E-state index contributed by atoms with van der Waals surface area (Å²) >= 11 is 0. The molecule has 5 heteroatoms. The summed E-state index contributed by atoms with van der Waals surface area (Å²) in [6, 6.07) is 2.14. The van der Waals surface area contributed by atoms with Crippen LogP contribution in [0.25, 0.3) is 0 Å². The molecule has 0 radical (unpaired) electrons. The van der Waals surface area contributed by atoms with Gasteiger partial charge in [-0.05, 0) is 25.2 Å². The lowest BCUT2D eigenvalue weighted by molar-refractivity contribution is -0.118. The van der Waals surface area contributed by atoms with E-state index in [-0.39, 0.29) is 11.3 Å². The van der Waals surface area contributed by atoms with E-state index in [0.29, 0.717) is 18.3 Å². The lowest BCUT2D eigenvalue weighted by Crippen LogP contribution is -2.37. The van der Waals surface area contributed by atoms with Crippen molar-refractivity contribution in [2.75, 3.05) is 18.0 Å². The van der Waals surface area contributed by atoms with Crippen LogP contribution in [-0.2, 0) is 10.2 Å². The highest BCUT2D eigenvalue weighted by molar-refractivity contribution is 5.73. The number of primary amides is 1. The van der Waals surface area contributed by atoms with Crippen LogP contribution >= 0.6 is 0 Å². The molecular weight excluding hydrogens is 300 g/mol. The van der Waals surface area contributed by atoms with E-state index in [1.807, 2.05) is 0 Å². The molecule has 0 aromatic carbocycles. The highest BCUT2D eigenvalue weighted by atomic mass is 16.1. The SMILES string of the molecule is CC(C)c1nc(N2CCCC(CCC(N)=O)C2)cc(C(C)(C)C)n1. The van der Waals surface area contributed by atoms with Gasteiger partial charge in [0.25, 0.3) is 0 Å². The number of carbonyl (C=O) groups excluding carboxylic acids is 1. The maximum Gasteiger partial charge on any atom is 0.217 e. The molecule has 1 atom stereocenters. The number of rotatable bonds is 5. The van der Waals surface area contributed by atoms with Crippen LogP contribution < -0.4 is 10.6 Å². The Balaban J connectivity index is 2.23. The number of nitrogens with zero attached hydrogens (tertiary/aromatic N) is 3. The van der Waals surface area contributed by atoms with Crippen LogP contribution in [-0.4, -0.2) is 29.0 Å². The van der Waals surface area contributed by atoms with Gasteiger partial charge < -0.3 is 10.6 Å². The summed E-state index contributed by atoms with van der Waals surface area (Å²) in [5.41, 5.74) is 6.40. The normalized spacial score (nSPS) is 18.9. The van der Waals surface area contributed by atoms with Crippen LogP contribution in [0.5, 0.6) is 0 Å². The first-order chi connectivity index (χ1) is 11.2. The minimum Gasteiger partial charge on any atom is -0.370 e. The third kappa shape index (κ3) is 4.92. The van der Waals surface area contributed by atoms with Crippen molar-refractivity contribution in [3.05, 3.63) is 17.6 Å². The molecule has 1 unspecified atom stereocenters. The summed E-state index contributed by atoms with van der Waals surface area (Å²) in [4.78, 5) is 23.0. The van der Waals surface area contributed by atoms with Crippen molar-refractivity contribution in [1.29, 1.82) is 0 Å². The topological polar surface area (TPSA) is 72.1 Å². The molecule has 1 aromatic rings. The Hall–Kier alpha value is -1.65. The summed E-state index contributed by atoms with van der Waals surface area (Å²) in [5, 5.41) is 0. The lowest BCUT2D eigenvalue weighted by atomic mass is 9.91. The second-order valence-corrected chi connectivity index (χ2v) is 8.33. The summed E-state index contributed by atoms with van der Waals surface area (Å²) in [5.74, 6) is 2.56. The van der Waals surface area contributed by atoms with Crippen LogP contribution in [0.3, 0.4) is 0 Å². The molecule has 1 fully saturated rings. The second-order valence-electron chi connectivity index (χ2n) is 8.33. The summed E-state index contributed by atoms with van der Waals surface area (Å²) in [7, 11) is 0. The predicted molar refractivity (Wildman–Crippen MR) is 98.2 cm³/mol. The Morgan fingerprint density at radius 1 is 1.38 bits per heavy atom. The van der Waals surface area contributed by atoms with Crippen molar-refractivity contribution >= 4 is 11.7 Å². The van der Waals surface area contributed by atoms with E-state index in [9.17, 15) is 4.79 Å². The minimum atomic E-state index is -0.203. The molecule has 5 nitrogen and oxygen atoms in total. The van der Waals surface area contributed by atoms with Gasteiger partial charge in [-0.3, -0.25) is 4.79 Å². The predicted octanol–water partition coefficient (Wildman–Crippen LogP) is 3.38. The van der Waals surface area contributed by atoms with Crippen LogP contribution in [0.4, 0.5) is 5.82 Å². The van der Waals surface area contributed by atoms with E-state index in [2.05, 4.69) is 45.6 Å². The number of nitrogens with two attached hydrogens (primary N) is 1. The first-order valence-corrected chi connectivity index (χ1v) is 9.09. The van der Waals surface area contributed by atoms with Gasteiger partial charge in [-0.1, -0.05) is 34.6 Å². The lowest BCUT2D eigenvalue weighted by Gasteiger charge is -2.34. The Morgan fingerprint density at radius 3 is 2.67 bits per heavy atom. The number of hydrogen-bond donors (Lipinski definition) is 1. The van der Waals surface area contributed by atoms with Gasteiger partial charge in [-0.15, -0.1) is 0 Å². The van der Waals surface area contributed by atoms with Gasteiger partial charge in [-0.2, -0.15) is 0 Å². The molecule has 1 amide bonds. The molecule has 1 aliphatic rings. The van der Waals surface area contributed by atoms with E-state index >= 15 is 0 Å². The van der Waals surface area contributed by atoms with Crippen molar-refractivity contribution in [1.82, 2.24) is 9.97 Å². The average Bonchev–Trinajstić information content (AvgIpc) is 2.52. The van der Waals surface area contributed by atoms with Gasteiger partial charge in [0, 0.05) is 36.9 Å². The molecule has 1 aliphatic heterocycles. The van der Waals surface area contributed by atoms with E-state index < -0.39 is 0 Å². The van der Waals surface area contributed by atoms with Crippen molar-refractivity contribution in [3.63, 3.8) is 0 Å². The van der Waals surface area contributed by atoms with Gasteiger partial charge >= 0.3 is 0 Å². The monoisotopic (exact) mass is 332 g/mol. The Bertz CT molecular complexity index is 577.